The standard InChI is InChI=1S/C14H18N2O3/c1-14(2,8-17)7-15-13(19)10-4-3-9-6-12(18)16-11(9)5-10/h3-5,17H,6-8H2,1-2H3,(H,15,19)(H,16,18). The molecule has 0 bridgehead atoms. The maximum absolute atomic E-state index is 12.0. The van der Waals surface area contributed by atoms with Gasteiger partial charge in [-0.2, -0.15) is 0 Å². The number of anilines is 1. The summed E-state index contributed by atoms with van der Waals surface area (Å²) in [5.74, 6) is -0.251. The van der Waals surface area contributed by atoms with Crippen molar-refractivity contribution >= 4 is 17.5 Å². The minimum absolute atomic E-state index is 0.00747. The number of aliphatic hydroxyl groups excluding tert-OH is 1. The number of rotatable bonds is 4. The van der Waals surface area contributed by atoms with Crippen LogP contribution in [0.25, 0.3) is 0 Å². The lowest BCUT2D eigenvalue weighted by Crippen LogP contribution is -2.36. The minimum Gasteiger partial charge on any atom is -0.396 e. The molecule has 1 heterocycles. The molecule has 1 aromatic rings. The average molecular weight is 262 g/mol. The molecule has 0 unspecified atom stereocenters. The Balaban J connectivity index is 2.05. The third-order valence-electron chi connectivity index (χ3n) is 3.15. The number of nitrogens with one attached hydrogen (secondary N) is 2. The van der Waals surface area contributed by atoms with Crippen LogP contribution in [-0.2, 0) is 11.2 Å². The number of amides is 2. The zero-order valence-electron chi connectivity index (χ0n) is 11.1. The van der Waals surface area contributed by atoms with Crippen LogP contribution in [-0.4, -0.2) is 30.1 Å². The summed E-state index contributed by atoms with van der Waals surface area (Å²) >= 11 is 0. The first-order chi connectivity index (χ1) is 8.91. The second-order valence-corrected chi connectivity index (χ2v) is 5.60. The smallest absolute Gasteiger partial charge is 0.251 e. The molecule has 1 aliphatic rings. The molecular formula is C14H18N2O3. The van der Waals surface area contributed by atoms with E-state index in [1.807, 2.05) is 13.8 Å². The van der Waals surface area contributed by atoms with E-state index < -0.39 is 0 Å². The number of fused-ring (bicyclic) bond motifs is 1. The average Bonchev–Trinajstić information content (AvgIpc) is 2.75. The van der Waals surface area contributed by atoms with Crippen LogP contribution >= 0.6 is 0 Å². The van der Waals surface area contributed by atoms with Crippen molar-refractivity contribution in [3.63, 3.8) is 0 Å². The second-order valence-electron chi connectivity index (χ2n) is 5.60. The molecular weight excluding hydrogens is 244 g/mol. The molecule has 0 aliphatic carbocycles. The normalized spacial score (nSPS) is 13.9. The van der Waals surface area contributed by atoms with Gasteiger partial charge in [0.15, 0.2) is 0 Å². The first kappa shape index (κ1) is 13.5. The number of carbonyl (C=O) groups is 2. The molecule has 1 aliphatic heterocycles. The molecule has 19 heavy (non-hydrogen) atoms. The Morgan fingerprint density at radius 1 is 1.47 bits per heavy atom. The second kappa shape index (κ2) is 5.01. The Hall–Kier alpha value is -1.88. The van der Waals surface area contributed by atoms with Crippen molar-refractivity contribution in [3.05, 3.63) is 29.3 Å². The number of hydrogen-bond donors (Lipinski definition) is 3. The van der Waals surface area contributed by atoms with Gasteiger partial charge in [-0.25, -0.2) is 0 Å². The van der Waals surface area contributed by atoms with Gasteiger partial charge in [-0.15, -0.1) is 0 Å². The van der Waals surface area contributed by atoms with Crippen LogP contribution in [0.3, 0.4) is 0 Å². The molecule has 5 heteroatoms. The highest BCUT2D eigenvalue weighted by atomic mass is 16.3. The summed E-state index contributed by atoms with van der Waals surface area (Å²) in [6, 6.07) is 5.18. The van der Waals surface area contributed by atoms with Gasteiger partial charge in [-0.05, 0) is 17.7 Å². The number of carbonyl (C=O) groups excluding carboxylic acids is 2. The lowest BCUT2D eigenvalue weighted by atomic mass is 9.95. The van der Waals surface area contributed by atoms with E-state index in [-0.39, 0.29) is 23.8 Å². The molecule has 0 saturated heterocycles. The van der Waals surface area contributed by atoms with Crippen molar-refractivity contribution in [1.29, 1.82) is 0 Å². The van der Waals surface area contributed by atoms with Gasteiger partial charge in [0.1, 0.15) is 0 Å². The first-order valence-corrected chi connectivity index (χ1v) is 6.23. The van der Waals surface area contributed by atoms with Crippen molar-refractivity contribution in [1.82, 2.24) is 5.32 Å². The Labute approximate surface area is 112 Å². The summed E-state index contributed by atoms with van der Waals surface area (Å²) < 4.78 is 0. The number of hydrogen-bond acceptors (Lipinski definition) is 3. The van der Waals surface area contributed by atoms with E-state index in [0.717, 1.165) is 5.56 Å². The molecule has 1 aromatic carbocycles. The van der Waals surface area contributed by atoms with Crippen LogP contribution in [0.1, 0.15) is 29.8 Å². The molecule has 3 N–H and O–H groups in total. The maximum atomic E-state index is 12.0. The van der Waals surface area contributed by atoms with E-state index in [1.165, 1.54) is 0 Å². The van der Waals surface area contributed by atoms with Gasteiger partial charge in [0, 0.05) is 29.8 Å². The summed E-state index contributed by atoms with van der Waals surface area (Å²) in [6.07, 6.45) is 0.370. The zero-order chi connectivity index (χ0) is 14.0. The summed E-state index contributed by atoms with van der Waals surface area (Å²) in [4.78, 5) is 23.2. The summed E-state index contributed by atoms with van der Waals surface area (Å²) in [5, 5.41) is 14.6. The highest BCUT2D eigenvalue weighted by molar-refractivity contribution is 6.02. The van der Waals surface area contributed by atoms with Gasteiger partial charge in [0.2, 0.25) is 5.91 Å². The van der Waals surface area contributed by atoms with Gasteiger partial charge < -0.3 is 15.7 Å². The first-order valence-electron chi connectivity index (χ1n) is 6.23. The predicted molar refractivity (Wildman–Crippen MR) is 72.0 cm³/mol. The van der Waals surface area contributed by atoms with E-state index in [2.05, 4.69) is 10.6 Å². The molecule has 0 spiro atoms. The molecule has 5 nitrogen and oxygen atoms in total. The molecule has 0 radical (unpaired) electrons. The minimum atomic E-state index is -0.347. The lowest BCUT2D eigenvalue weighted by Gasteiger charge is -2.21. The van der Waals surface area contributed by atoms with Gasteiger partial charge in [0.05, 0.1) is 6.42 Å². The van der Waals surface area contributed by atoms with Crippen LogP contribution in [0.5, 0.6) is 0 Å². The Morgan fingerprint density at radius 3 is 2.89 bits per heavy atom. The van der Waals surface area contributed by atoms with Crippen LogP contribution < -0.4 is 10.6 Å². The summed E-state index contributed by atoms with van der Waals surface area (Å²) in [7, 11) is 0. The maximum Gasteiger partial charge on any atom is 0.251 e. The van der Waals surface area contributed by atoms with Gasteiger partial charge in [-0.3, -0.25) is 9.59 Å². The largest absolute Gasteiger partial charge is 0.396 e. The third-order valence-corrected chi connectivity index (χ3v) is 3.15. The van der Waals surface area contributed by atoms with Crippen molar-refractivity contribution in [2.45, 2.75) is 20.3 Å². The molecule has 2 amide bonds. The van der Waals surface area contributed by atoms with Gasteiger partial charge in [-0.1, -0.05) is 19.9 Å². The SMILES string of the molecule is CC(C)(CO)CNC(=O)c1ccc2c(c1)NC(=O)C2. The van der Waals surface area contributed by atoms with E-state index in [1.54, 1.807) is 18.2 Å². The highest BCUT2D eigenvalue weighted by Crippen LogP contribution is 2.24. The lowest BCUT2D eigenvalue weighted by molar-refractivity contribution is -0.115. The molecule has 0 atom stereocenters. The van der Waals surface area contributed by atoms with E-state index in [4.69, 9.17) is 5.11 Å². The van der Waals surface area contributed by atoms with Crippen LogP contribution in [0.2, 0.25) is 0 Å². The van der Waals surface area contributed by atoms with E-state index in [0.29, 0.717) is 24.2 Å². The Morgan fingerprint density at radius 2 is 2.21 bits per heavy atom. The topological polar surface area (TPSA) is 78.4 Å². The molecule has 2 rings (SSSR count). The van der Waals surface area contributed by atoms with Crippen molar-refractivity contribution in [2.75, 3.05) is 18.5 Å². The van der Waals surface area contributed by atoms with Crippen molar-refractivity contribution in [3.8, 4) is 0 Å². The molecule has 0 aromatic heterocycles. The van der Waals surface area contributed by atoms with Crippen molar-refractivity contribution < 1.29 is 14.7 Å². The molecule has 0 saturated carbocycles. The van der Waals surface area contributed by atoms with Crippen molar-refractivity contribution in [2.24, 2.45) is 5.41 Å². The predicted octanol–water partition coefficient (Wildman–Crippen LogP) is 0.929. The zero-order valence-corrected chi connectivity index (χ0v) is 11.1. The fraction of sp³-hybridized carbons (Fsp3) is 0.429. The number of aliphatic hydroxyl groups is 1. The quantitative estimate of drug-likeness (QED) is 0.755. The fourth-order valence-electron chi connectivity index (χ4n) is 1.83. The van der Waals surface area contributed by atoms with E-state index >= 15 is 0 Å². The fourth-order valence-corrected chi connectivity index (χ4v) is 1.83. The third kappa shape index (κ3) is 3.12. The summed E-state index contributed by atoms with van der Waals surface area (Å²) in [5.41, 5.74) is 1.78. The van der Waals surface area contributed by atoms with Crippen LogP contribution in [0.15, 0.2) is 18.2 Å². The Kier molecular flexibility index (Phi) is 3.57. The van der Waals surface area contributed by atoms with E-state index in [9.17, 15) is 9.59 Å². The molecule has 0 fully saturated rings. The Bertz CT molecular complexity index is 523. The van der Waals surface area contributed by atoms with Crippen LogP contribution in [0, 0.1) is 5.41 Å². The molecule has 102 valence electrons. The highest BCUT2D eigenvalue weighted by Gasteiger charge is 2.21. The van der Waals surface area contributed by atoms with Crippen LogP contribution in [0.4, 0.5) is 5.69 Å². The summed E-state index contributed by atoms with van der Waals surface area (Å²) in [6.45, 7) is 4.14. The van der Waals surface area contributed by atoms with Gasteiger partial charge >= 0.3 is 0 Å². The van der Waals surface area contributed by atoms with Gasteiger partial charge in [0.25, 0.3) is 5.91 Å². The monoisotopic (exact) mass is 262 g/mol. The number of benzene rings is 1.